The fourth-order valence-corrected chi connectivity index (χ4v) is 4.01. The lowest BCUT2D eigenvalue weighted by Gasteiger charge is -2.39. The number of hydrogen-bond donors (Lipinski definition) is 0. The molecule has 5 atom stereocenters. The van der Waals surface area contributed by atoms with Crippen LogP contribution in [-0.2, 0) is 14.2 Å². The molecule has 0 aromatic carbocycles. The Morgan fingerprint density at radius 2 is 2.06 bits per heavy atom. The molecular formula is C15H26O3. The van der Waals surface area contributed by atoms with Gasteiger partial charge < -0.3 is 14.2 Å². The average Bonchev–Trinajstić information content (AvgIpc) is 3.07. The average molecular weight is 254 g/mol. The lowest BCUT2D eigenvalue weighted by Crippen LogP contribution is -2.39. The molecule has 3 nitrogen and oxygen atoms in total. The molecule has 0 radical (unpaired) electrons. The van der Waals surface area contributed by atoms with Crippen LogP contribution in [0.2, 0.25) is 0 Å². The van der Waals surface area contributed by atoms with E-state index in [9.17, 15) is 0 Å². The zero-order chi connectivity index (χ0) is 13.0. The number of ether oxygens (including phenoxy) is 3. The fraction of sp³-hybridized carbons (Fsp3) is 1.00. The summed E-state index contributed by atoms with van der Waals surface area (Å²) in [5.74, 6) is 0.825. The van der Waals surface area contributed by atoms with Crippen molar-refractivity contribution in [1.29, 1.82) is 0 Å². The molecule has 1 aliphatic heterocycles. The van der Waals surface area contributed by atoms with Crippen LogP contribution in [0.4, 0.5) is 0 Å². The Morgan fingerprint density at radius 1 is 1.33 bits per heavy atom. The first-order valence-electron chi connectivity index (χ1n) is 7.32. The van der Waals surface area contributed by atoms with Crippen LogP contribution in [-0.4, -0.2) is 31.7 Å². The summed E-state index contributed by atoms with van der Waals surface area (Å²) in [7, 11) is 0. The molecule has 104 valence electrons. The Labute approximate surface area is 110 Å². The van der Waals surface area contributed by atoms with Gasteiger partial charge in [-0.15, -0.1) is 0 Å². The van der Waals surface area contributed by atoms with Crippen LogP contribution < -0.4 is 0 Å². The Balaban J connectivity index is 1.57. The van der Waals surface area contributed by atoms with Crippen molar-refractivity contribution in [2.24, 2.45) is 16.7 Å². The van der Waals surface area contributed by atoms with Crippen molar-refractivity contribution in [3.63, 3.8) is 0 Å². The van der Waals surface area contributed by atoms with Crippen molar-refractivity contribution >= 4 is 0 Å². The van der Waals surface area contributed by atoms with E-state index in [-0.39, 0.29) is 6.29 Å². The summed E-state index contributed by atoms with van der Waals surface area (Å²) in [4.78, 5) is 0. The van der Waals surface area contributed by atoms with E-state index in [4.69, 9.17) is 14.2 Å². The van der Waals surface area contributed by atoms with E-state index in [1.165, 1.54) is 19.3 Å². The van der Waals surface area contributed by atoms with Gasteiger partial charge in [0.1, 0.15) is 6.10 Å². The maximum Gasteiger partial charge on any atom is 0.155 e. The second kappa shape index (κ2) is 4.19. The minimum absolute atomic E-state index is 0.105. The SMILES string of the molecule is CC(OCC1CO1)OC1CC2CCC1(C)C2(C)C. The molecule has 1 heterocycles. The third kappa shape index (κ3) is 1.91. The monoisotopic (exact) mass is 254 g/mol. The van der Waals surface area contributed by atoms with E-state index in [2.05, 4.69) is 20.8 Å². The first-order valence-corrected chi connectivity index (χ1v) is 7.32. The highest BCUT2D eigenvalue weighted by atomic mass is 16.7. The van der Waals surface area contributed by atoms with E-state index in [1.807, 2.05) is 6.92 Å². The van der Waals surface area contributed by atoms with Crippen LogP contribution in [0.5, 0.6) is 0 Å². The quantitative estimate of drug-likeness (QED) is 0.558. The second-order valence-electron chi connectivity index (χ2n) is 7.09. The molecule has 18 heavy (non-hydrogen) atoms. The Bertz CT molecular complexity index is 324. The molecule has 3 aliphatic rings. The van der Waals surface area contributed by atoms with Gasteiger partial charge in [0.15, 0.2) is 6.29 Å². The van der Waals surface area contributed by atoms with Crippen LogP contribution in [0.15, 0.2) is 0 Å². The molecule has 1 saturated heterocycles. The Hall–Kier alpha value is -0.120. The molecule has 2 saturated carbocycles. The van der Waals surface area contributed by atoms with Gasteiger partial charge in [-0.2, -0.15) is 0 Å². The highest BCUT2D eigenvalue weighted by molar-refractivity contribution is 5.11. The van der Waals surface area contributed by atoms with Gasteiger partial charge in [-0.05, 0) is 42.9 Å². The predicted molar refractivity (Wildman–Crippen MR) is 69.3 cm³/mol. The normalized spacial score (nSPS) is 46.3. The summed E-state index contributed by atoms with van der Waals surface area (Å²) in [6.07, 6.45) is 4.45. The van der Waals surface area contributed by atoms with Crippen molar-refractivity contribution < 1.29 is 14.2 Å². The van der Waals surface area contributed by atoms with Gasteiger partial charge >= 0.3 is 0 Å². The summed E-state index contributed by atoms with van der Waals surface area (Å²) >= 11 is 0. The molecule has 0 amide bonds. The summed E-state index contributed by atoms with van der Waals surface area (Å²) in [5.41, 5.74) is 0.738. The van der Waals surface area contributed by atoms with Crippen molar-refractivity contribution in [3.05, 3.63) is 0 Å². The highest BCUT2D eigenvalue weighted by Gasteiger charge is 2.62. The lowest BCUT2D eigenvalue weighted by atomic mass is 9.70. The molecule has 0 aromatic heterocycles. The van der Waals surface area contributed by atoms with Gasteiger partial charge in [0, 0.05) is 0 Å². The molecule has 3 heteroatoms. The summed E-state index contributed by atoms with van der Waals surface area (Å²) < 4.78 is 17.0. The molecule has 2 aliphatic carbocycles. The molecule has 0 spiro atoms. The van der Waals surface area contributed by atoms with E-state index in [0.717, 1.165) is 12.5 Å². The first-order chi connectivity index (χ1) is 8.43. The summed E-state index contributed by atoms with van der Waals surface area (Å²) in [6, 6.07) is 0. The predicted octanol–water partition coefficient (Wildman–Crippen LogP) is 2.98. The van der Waals surface area contributed by atoms with Gasteiger partial charge in [0.2, 0.25) is 0 Å². The van der Waals surface area contributed by atoms with Crippen molar-refractivity contribution in [3.8, 4) is 0 Å². The minimum atomic E-state index is -0.105. The topological polar surface area (TPSA) is 31.0 Å². The number of epoxide rings is 1. The molecule has 0 N–H and O–H groups in total. The molecule has 3 fully saturated rings. The van der Waals surface area contributed by atoms with Crippen molar-refractivity contribution in [2.45, 2.75) is 65.5 Å². The molecule has 2 bridgehead atoms. The van der Waals surface area contributed by atoms with Crippen molar-refractivity contribution in [2.75, 3.05) is 13.2 Å². The van der Waals surface area contributed by atoms with Gasteiger partial charge in [0.05, 0.1) is 19.3 Å². The third-order valence-electron chi connectivity index (χ3n) is 5.99. The Kier molecular flexibility index (Phi) is 3.00. The van der Waals surface area contributed by atoms with Crippen LogP contribution in [0.1, 0.15) is 47.0 Å². The number of hydrogen-bond acceptors (Lipinski definition) is 3. The van der Waals surface area contributed by atoms with Gasteiger partial charge in [0.25, 0.3) is 0 Å². The zero-order valence-corrected chi connectivity index (χ0v) is 12.1. The molecule has 5 unspecified atom stereocenters. The van der Waals surface area contributed by atoms with E-state index in [1.54, 1.807) is 0 Å². The standard InChI is InChI=1S/C15H26O3/c1-10(16-8-12-9-17-12)18-13-7-11-5-6-15(13,4)14(11,2)3/h10-13H,5-9H2,1-4H3. The first kappa shape index (κ1) is 12.9. The second-order valence-corrected chi connectivity index (χ2v) is 7.09. The van der Waals surface area contributed by atoms with Gasteiger partial charge in [-0.25, -0.2) is 0 Å². The minimum Gasteiger partial charge on any atom is -0.371 e. The van der Waals surface area contributed by atoms with Crippen LogP contribution in [0, 0.1) is 16.7 Å². The Morgan fingerprint density at radius 3 is 2.56 bits per heavy atom. The molecule has 3 rings (SSSR count). The number of fused-ring (bicyclic) bond motifs is 2. The van der Waals surface area contributed by atoms with Gasteiger partial charge in [-0.1, -0.05) is 20.8 Å². The van der Waals surface area contributed by atoms with E-state index < -0.39 is 0 Å². The largest absolute Gasteiger partial charge is 0.371 e. The van der Waals surface area contributed by atoms with E-state index in [0.29, 0.717) is 29.6 Å². The molecular weight excluding hydrogens is 228 g/mol. The highest BCUT2D eigenvalue weighted by Crippen LogP contribution is 2.66. The summed E-state index contributed by atoms with van der Waals surface area (Å²) in [5, 5.41) is 0. The maximum atomic E-state index is 6.18. The third-order valence-corrected chi connectivity index (χ3v) is 5.99. The number of rotatable bonds is 5. The zero-order valence-electron chi connectivity index (χ0n) is 12.1. The molecule has 0 aromatic rings. The van der Waals surface area contributed by atoms with Crippen molar-refractivity contribution in [1.82, 2.24) is 0 Å². The fourth-order valence-electron chi connectivity index (χ4n) is 4.01. The van der Waals surface area contributed by atoms with Crippen LogP contribution in [0.3, 0.4) is 0 Å². The van der Waals surface area contributed by atoms with Crippen LogP contribution >= 0.6 is 0 Å². The summed E-state index contributed by atoms with van der Waals surface area (Å²) in [6.45, 7) is 10.8. The van der Waals surface area contributed by atoms with Gasteiger partial charge in [-0.3, -0.25) is 0 Å². The maximum absolute atomic E-state index is 6.18. The smallest absolute Gasteiger partial charge is 0.155 e. The van der Waals surface area contributed by atoms with Crippen LogP contribution in [0.25, 0.3) is 0 Å². The van der Waals surface area contributed by atoms with E-state index >= 15 is 0 Å². The lowest BCUT2D eigenvalue weighted by molar-refractivity contribution is -0.190.